The van der Waals surface area contributed by atoms with Crippen LogP contribution >= 0.6 is 11.6 Å². The van der Waals surface area contributed by atoms with Gasteiger partial charge in [-0.1, -0.05) is 18.5 Å². The topological polar surface area (TPSA) is 69.4 Å². The number of hydrogen-bond donors (Lipinski definition) is 1. The van der Waals surface area contributed by atoms with Crippen LogP contribution < -0.4 is 9.47 Å². The molecule has 0 radical (unpaired) electrons. The fourth-order valence-electron chi connectivity index (χ4n) is 1.99. The monoisotopic (exact) mass is 311 g/mol. The van der Waals surface area contributed by atoms with Crippen LogP contribution in [0.4, 0.5) is 0 Å². The van der Waals surface area contributed by atoms with E-state index in [2.05, 4.69) is 17.0 Å². The third-order valence-corrected chi connectivity index (χ3v) is 3.18. The standard InChI is InChI=1S/C14H18ClN3O3/c1-3-4-18-13(16-9-17-18)8-21-14-10(7-19)5-11(15)6-12(14)20-2/h5-6,9,19H,3-4,7-8H2,1-2H3. The average molecular weight is 312 g/mol. The van der Waals surface area contributed by atoms with Gasteiger partial charge in [-0.25, -0.2) is 9.67 Å². The second-order valence-corrected chi connectivity index (χ2v) is 4.88. The van der Waals surface area contributed by atoms with Crippen molar-refractivity contribution in [1.82, 2.24) is 14.8 Å². The van der Waals surface area contributed by atoms with Gasteiger partial charge < -0.3 is 14.6 Å². The zero-order valence-electron chi connectivity index (χ0n) is 12.0. The SMILES string of the molecule is CCCn1ncnc1COc1c(CO)cc(Cl)cc1OC. The molecular formula is C14H18ClN3O3. The van der Waals surface area contributed by atoms with E-state index in [1.54, 1.807) is 16.8 Å². The number of aryl methyl sites for hydroxylation is 1. The van der Waals surface area contributed by atoms with Crippen LogP contribution in [0.15, 0.2) is 18.5 Å². The van der Waals surface area contributed by atoms with Gasteiger partial charge in [-0.3, -0.25) is 0 Å². The lowest BCUT2D eigenvalue weighted by Crippen LogP contribution is -2.09. The molecule has 2 aromatic rings. The molecule has 2 rings (SSSR count). The number of rotatable bonds is 7. The molecule has 0 bridgehead atoms. The zero-order valence-corrected chi connectivity index (χ0v) is 12.8. The van der Waals surface area contributed by atoms with Crippen molar-refractivity contribution in [2.24, 2.45) is 0 Å². The van der Waals surface area contributed by atoms with E-state index in [1.807, 2.05) is 0 Å². The normalized spacial score (nSPS) is 10.7. The first-order chi connectivity index (χ1) is 10.2. The molecular weight excluding hydrogens is 294 g/mol. The van der Waals surface area contributed by atoms with Crippen molar-refractivity contribution in [3.05, 3.63) is 34.9 Å². The Morgan fingerprint density at radius 2 is 2.19 bits per heavy atom. The van der Waals surface area contributed by atoms with Gasteiger partial charge >= 0.3 is 0 Å². The van der Waals surface area contributed by atoms with Crippen LogP contribution in [0.25, 0.3) is 0 Å². The van der Waals surface area contributed by atoms with Crippen LogP contribution in [0.2, 0.25) is 5.02 Å². The molecule has 0 amide bonds. The Balaban J connectivity index is 2.21. The fourth-order valence-corrected chi connectivity index (χ4v) is 2.22. The maximum Gasteiger partial charge on any atom is 0.167 e. The second-order valence-electron chi connectivity index (χ2n) is 4.44. The van der Waals surface area contributed by atoms with Gasteiger partial charge in [0.25, 0.3) is 0 Å². The van der Waals surface area contributed by atoms with Gasteiger partial charge in [0.15, 0.2) is 17.3 Å². The first-order valence-corrected chi connectivity index (χ1v) is 7.04. The van der Waals surface area contributed by atoms with E-state index >= 15 is 0 Å². The minimum absolute atomic E-state index is 0.187. The number of benzene rings is 1. The smallest absolute Gasteiger partial charge is 0.167 e. The van der Waals surface area contributed by atoms with Crippen molar-refractivity contribution in [1.29, 1.82) is 0 Å². The number of aromatic nitrogens is 3. The van der Waals surface area contributed by atoms with Gasteiger partial charge in [-0.2, -0.15) is 5.10 Å². The quantitative estimate of drug-likeness (QED) is 0.850. The van der Waals surface area contributed by atoms with Crippen LogP contribution in [0.5, 0.6) is 11.5 Å². The first-order valence-electron chi connectivity index (χ1n) is 6.66. The third-order valence-electron chi connectivity index (χ3n) is 2.96. The van der Waals surface area contributed by atoms with Crippen LogP contribution in [0.1, 0.15) is 24.7 Å². The summed E-state index contributed by atoms with van der Waals surface area (Å²) < 4.78 is 12.8. The fraction of sp³-hybridized carbons (Fsp3) is 0.429. The zero-order chi connectivity index (χ0) is 15.2. The van der Waals surface area contributed by atoms with Crippen LogP contribution in [0.3, 0.4) is 0 Å². The van der Waals surface area contributed by atoms with Crippen molar-refractivity contribution in [3.63, 3.8) is 0 Å². The van der Waals surface area contributed by atoms with E-state index in [9.17, 15) is 5.11 Å². The van der Waals surface area contributed by atoms with E-state index in [0.29, 0.717) is 22.1 Å². The van der Waals surface area contributed by atoms with E-state index in [0.717, 1.165) is 18.8 Å². The average Bonchev–Trinajstić information content (AvgIpc) is 2.92. The van der Waals surface area contributed by atoms with Gasteiger partial charge in [0.2, 0.25) is 0 Å². The number of aliphatic hydroxyl groups is 1. The summed E-state index contributed by atoms with van der Waals surface area (Å²) in [5, 5.41) is 14.1. The Labute approximate surface area is 128 Å². The van der Waals surface area contributed by atoms with Crippen LogP contribution in [0, 0.1) is 0 Å². The highest BCUT2D eigenvalue weighted by Crippen LogP contribution is 2.35. The number of aliphatic hydroxyl groups excluding tert-OH is 1. The molecule has 1 N–H and O–H groups in total. The highest BCUT2D eigenvalue weighted by molar-refractivity contribution is 6.30. The number of ether oxygens (including phenoxy) is 2. The molecule has 0 aliphatic carbocycles. The minimum Gasteiger partial charge on any atom is -0.493 e. The summed E-state index contributed by atoms with van der Waals surface area (Å²) in [5.41, 5.74) is 0.570. The summed E-state index contributed by atoms with van der Waals surface area (Å²) in [4.78, 5) is 4.18. The van der Waals surface area contributed by atoms with Gasteiger partial charge in [0.1, 0.15) is 12.9 Å². The van der Waals surface area contributed by atoms with Gasteiger partial charge in [-0.15, -0.1) is 0 Å². The molecule has 1 aromatic heterocycles. The Bertz CT molecular complexity index is 576. The second kappa shape index (κ2) is 7.28. The third kappa shape index (κ3) is 3.65. The summed E-state index contributed by atoms with van der Waals surface area (Å²) in [7, 11) is 1.53. The summed E-state index contributed by atoms with van der Waals surface area (Å²) in [6.07, 6.45) is 2.46. The Hall–Kier alpha value is -1.79. The molecule has 21 heavy (non-hydrogen) atoms. The lowest BCUT2D eigenvalue weighted by Gasteiger charge is -2.14. The Morgan fingerprint density at radius 3 is 2.86 bits per heavy atom. The summed E-state index contributed by atoms with van der Waals surface area (Å²) in [6.45, 7) is 2.90. The first kappa shape index (κ1) is 15.6. The molecule has 0 aliphatic rings. The molecule has 1 aromatic carbocycles. The molecule has 114 valence electrons. The number of nitrogens with zero attached hydrogens (tertiary/aromatic N) is 3. The maximum atomic E-state index is 9.43. The Morgan fingerprint density at radius 1 is 1.38 bits per heavy atom. The maximum absolute atomic E-state index is 9.43. The molecule has 0 saturated heterocycles. The van der Waals surface area contributed by atoms with Crippen molar-refractivity contribution in [2.45, 2.75) is 33.1 Å². The highest BCUT2D eigenvalue weighted by Gasteiger charge is 2.14. The molecule has 0 atom stereocenters. The minimum atomic E-state index is -0.187. The van der Waals surface area contributed by atoms with Crippen LogP contribution in [-0.4, -0.2) is 27.0 Å². The number of methoxy groups -OCH3 is 1. The van der Waals surface area contributed by atoms with Crippen molar-refractivity contribution >= 4 is 11.6 Å². The molecule has 0 unspecified atom stereocenters. The largest absolute Gasteiger partial charge is 0.493 e. The molecule has 7 heteroatoms. The van der Waals surface area contributed by atoms with Crippen LogP contribution in [-0.2, 0) is 19.8 Å². The molecule has 0 spiro atoms. The Kier molecular flexibility index (Phi) is 5.41. The molecule has 1 heterocycles. The number of halogens is 1. The summed E-state index contributed by atoms with van der Waals surface area (Å²) in [6, 6.07) is 3.29. The van der Waals surface area contributed by atoms with Gasteiger partial charge in [0, 0.05) is 23.2 Å². The molecule has 6 nitrogen and oxygen atoms in total. The predicted molar refractivity (Wildman–Crippen MR) is 78.6 cm³/mol. The highest BCUT2D eigenvalue weighted by atomic mass is 35.5. The predicted octanol–water partition coefficient (Wildman–Crippen LogP) is 2.42. The molecule has 0 saturated carbocycles. The lowest BCUT2D eigenvalue weighted by atomic mass is 10.2. The van der Waals surface area contributed by atoms with E-state index < -0.39 is 0 Å². The van der Waals surface area contributed by atoms with E-state index in [-0.39, 0.29) is 13.2 Å². The van der Waals surface area contributed by atoms with E-state index in [4.69, 9.17) is 21.1 Å². The van der Waals surface area contributed by atoms with Crippen molar-refractivity contribution in [2.75, 3.05) is 7.11 Å². The number of hydrogen-bond acceptors (Lipinski definition) is 5. The van der Waals surface area contributed by atoms with Gasteiger partial charge in [0.05, 0.1) is 13.7 Å². The van der Waals surface area contributed by atoms with Gasteiger partial charge in [-0.05, 0) is 12.5 Å². The molecule has 0 aliphatic heterocycles. The summed E-state index contributed by atoms with van der Waals surface area (Å²) in [5.74, 6) is 1.67. The molecule has 0 fully saturated rings. The summed E-state index contributed by atoms with van der Waals surface area (Å²) >= 11 is 5.97. The van der Waals surface area contributed by atoms with E-state index in [1.165, 1.54) is 13.4 Å². The van der Waals surface area contributed by atoms with Crippen molar-refractivity contribution in [3.8, 4) is 11.5 Å². The lowest BCUT2D eigenvalue weighted by molar-refractivity contribution is 0.242. The van der Waals surface area contributed by atoms with Crippen molar-refractivity contribution < 1.29 is 14.6 Å².